The molecule has 0 aromatic heterocycles. The molecule has 6 nitrogen and oxygen atoms in total. The SMILES string of the molecule is CCCCOC1CC(NC(=NCC2(O)CCOCC2)NCC)C1(C)C. The predicted molar refractivity (Wildman–Crippen MR) is 101 cm³/mol. The van der Waals surface area contributed by atoms with E-state index in [2.05, 4.69) is 43.3 Å². The third kappa shape index (κ3) is 5.56. The summed E-state index contributed by atoms with van der Waals surface area (Å²) in [6.07, 6.45) is 4.89. The van der Waals surface area contributed by atoms with Crippen LogP contribution in [-0.4, -0.2) is 61.7 Å². The van der Waals surface area contributed by atoms with E-state index < -0.39 is 5.60 Å². The zero-order valence-electron chi connectivity index (χ0n) is 16.4. The molecule has 0 aromatic rings. The zero-order chi connectivity index (χ0) is 18.3. The van der Waals surface area contributed by atoms with Crippen LogP contribution in [0.2, 0.25) is 0 Å². The summed E-state index contributed by atoms with van der Waals surface area (Å²) in [4.78, 5) is 4.64. The summed E-state index contributed by atoms with van der Waals surface area (Å²) in [5.41, 5.74) is -0.652. The topological polar surface area (TPSA) is 75.1 Å². The minimum absolute atomic E-state index is 0.0829. The van der Waals surface area contributed by atoms with Crippen LogP contribution in [0.5, 0.6) is 0 Å². The fourth-order valence-corrected chi connectivity index (χ4v) is 3.40. The molecule has 0 aromatic carbocycles. The first-order valence-electron chi connectivity index (χ1n) is 9.88. The highest BCUT2D eigenvalue weighted by Crippen LogP contribution is 2.42. The van der Waals surface area contributed by atoms with Crippen LogP contribution in [0.4, 0.5) is 0 Å². The Morgan fingerprint density at radius 3 is 2.60 bits per heavy atom. The Morgan fingerprint density at radius 2 is 2.00 bits per heavy atom. The summed E-state index contributed by atoms with van der Waals surface area (Å²) in [6.45, 7) is 12.0. The number of guanidine groups is 1. The highest BCUT2D eigenvalue weighted by atomic mass is 16.5. The second-order valence-electron chi connectivity index (χ2n) is 8.00. The molecule has 146 valence electrons. The van der Waals surface area contributed by atoms with E-state index in [4.69, 9.17) is 9.47 Å². The monoisotopic (exact) mass is 355 g/mol. The fraction of sp³-hybridized carbons (Fsp3) is 0.947. The van der Waals surface area contributed by atoms with Crippen molar-refractivity contribution in [2.75, 3.05) is 32.9 Å². The molecule has 3 N–H and O–H groups in total. The summed E-state index contributed by atoms with van der Waals surface area (Å²) in [6, 6.07) is 0.334. The lowest BCUT2D eigenvalue weighted by Crippen LogP contribution is -2.63. The molecule has 1 saturated carbocycles. The number of unbranched alkanes of at least 4 members (excludes halogenated alkanes) is 1. The Balaban J connectivity index is 1.87. The van der Waals surface area contributed by atoms with Crippen molar-refractivity contribution >= 4 is 5.96 Å². The van der Waals surface area contributed by atoms with E-state index in [1.54, 1.807) is 0 Å². The van der Waals surface area contributed by atoms with Crippen LogP contribution in [-0.2, 0) is 9.47 Å². The van der Waals surface area contributed by atoms with Crippen LogP contribution in [0, 0.1) is 5.41 Å². The lowest BCUT2D eigenvalue weighted by atomic mass is 9.64. The molecule has 2 aliphatic rings. The van der Waals surface area contributed by atoms with Crippen LogP contribution in [0.25, 0.3) is 0 Å². The van der Waals surface area contributed by atoms with Gasteiger partial charge in [0, 0.05) is 50.7 Å². The lowest BCUT2D eigenvalue weighted by molar-refractivity contribution is -0.113. The van der Waals surface area contributed by atoms with Gasteiger partial charge in [0.2, 0.25) is 0 Å². The third-order valence-corrected chi connectivity index (χ3v) is 5.60. The molecule has 1 saturated heterocycles. The summed E-state index contributed by atoms with van der Waals surface area (Å²) < 4.78 is 11.4. The normalized spacial score (nSPS) is 28.3. The van der Waals surface area contributed by atoms with Crippen molar-refractivity contribution in [2.45, 2.75) is 77.5 Å². The van der Waals surface area contributed by atoms with Crippen LogP contribution in [0.1, 0.15) is 59.8 Å². The van der Waals surface area contributed by atoms with E-state index in [9.17, 15) is 5.11 Å². The Bertz CT molecular complexity index is 434. The van der Waals surface area contributed by atoms with Crippen molar-refractivity contribution in [3.05, 3.63) is 0 Å². The highest BCUT2D eigenvalue weighted by Gasteiger charge is 2.49. The van der Waals surface area contributed by atoms with Crippen LogP contribution >= 0.6 is 0 Å². The standard InChI is InChI=1S/C19H37N3O3/c1-5-7-10-25-16-13-15(18(16,3)4)22-17(20-6-2)21-14-19(23)8-11-24-12-9-19/h15-16,23H,5-14H2,1-4H3,(H2,20,21,22). The maximum absolute atomic E-state index is 10.6. The van der Waals surface area contributed by atoms with Crippen LogP contribution in [0.3, 0.4) is 0 Å². The van der Waals surface area contributed by atoms with Crippen LogP contribution < -0.4 is 10.6 Å². The number of ether oxygens (including phenoxy) is 2. The first-order valence-corrected chi connectivity index (χ1v) is 9.88. The Hall–Kier alpha value is -0.850. The smallest absolute Gasteiger partial charge is 0.191 e. The average Bonchev–Trinajstić information content (AvgIpc) is 2.59. The summed E-state index contributed by atoms with van der Waals surface area (Å²) in [7, 11) is 0. The third-order valence-electron chi connectivity index (χ3n) is 5.60. The van der Waals surface area contributed by atoms with Crippen molar-refractivity contribution in [1.82, 2.24) is 10.6 Å². The molecule has 6 heteroatoms. The van der Waals surface area contributed by atoms with Gasteiger partial charge in [-0.15, -0.1) is 0 Å². The number of nitrogens with zero attached hydrogens (tertiary/aromatic N) is 1. The van der Waals surface area contributed by atoms with Crippen molar-refractivity contribution in [1.29, 1.82) is 0 Å². The second kappa shape index (κ2) is 9.19. The maximum atomic E-state index is 10.6. The minimum atomic E-state index is -0.735. The summed E-state index contributed by atoms with van der Waals surface area (Å²) >= 11 is 0. The van der Waals surface area contributed by atoms with Crippen molar-refractivity contribution in [3.63, 3.8) is 0 Å². The molecule has 25 heavy (non-hydrogen) atoms. The van der Waals surface area contributed by atoms with Crippen molar-refractivity contribution in [3.8, 4) is 0 Å². The molecule has 2 unspecified atom stereocenters. The maximum Gasteiger partial charge on any atom is 0.191 e. The first kappa shape index (κ1) is 20.5. The predicted octanol–water partition coefficient (Wildman–Crippen LogP) is 2.07. The largest absolute Gasteiger partial charge is 0.388 e. The number of hydrogen-bond donors (Lipinski definition) is 3. The summed E-state index contributed by atoms with van der Waals surface area (Å²) in [5.74, 6) is 0.785. The Labute approximate surface area is 152 Å². The Kier molecular flexibility index (Phi) is 7.52. The van der Waals surface area contributed by atoms with E-state index in [0.29, 0.717) is 44.7 Å². The zero-order valence-corrected chi connectivity index (χ0v) is 16.4. The van der Waals surface area contributed by atoms with E-state index in [1.165, 1.54) is 6.42 Å². The van der Waals surface area contributed by atoms with E-state index >= 15 is 0 Å². The molecule has 2 rings (SSSR count). The molecule has 0 amide bonds. The Morgan fingerprint density at radius 1 is 1.28 bits per heavy atom. The van der Waals surface area contributed by atoms with Gasteiger partial charge in [-0.05, 0) is 19.8 Å². The van der Waals surface area contributed by atoms with E-state index in [1.807, 2.05) is 0 Å². The van der Waals surface area contributed by atoms with Gasteiger partial charge < -0.3 is 25.2 Å². The molecule has 1 heterocycles. The average molecular weight is 356 g/mol. The molecule has 0 radical (unpaired) electrons. The van der Waals surface area contributed by atoms with Gasteiger partial charge >= 0.3 is 0 Å². The molecular formula is C19H37N3O3. The van der Waals surface area contributed by atoms with Gasteiger partial charge in [-0.25, -0.2) is 0 Å². The second-order valence-corrected chi connectivity index (χ2v) is 8.00. The van der Waals surface area contributed by atoms with Gasteiger partial charge in [-0.3, -0.25) is 4.99 Å². The quantitative estimate of drug-likeness (QED) is 0.353. The van der Waals surface area contributed by atoms with E-state index in [0.717, 1.165) is 32.0 Å². The molecular weight excluding hydrogens is 318 g/mol. The van der Waals surface area contributed by atoms with Gasteiger partial charge in [-0.1, -0.05) is 27.2 Å². The number of nitrogens with one attached hydrogen (secondary N) is 2. The number of aliphatic imine (C=N–C) groups is 1. The minimum Gasteiger partial charge on any atom is -0.388 e. The number of aliphatic hydroxyl groups is 1. The number of hydrogen-bond acceptors (Lipinski definition) is 4. The van der Waals surface area contributed by atoms with Gasteiger partial charge in [-0.2, -0.15) is 0 Å². The summed E-state index contributed by atoms with van der Waals surface area (Å²) in [5, 5.41) is 17.4. The van der Waals surface area contributed by atoms with Gasteiger partial charge in [0.15, 0.2) is 5.96 Å². The molecule has 2 atom stereocenters. The fourth-order valence-electron chi connectivity index (χ4n) is 3.40. The van der Waals surface area contributed by atoms with E-state index in [-0.39, 0.29) is 5.41 Å². The molecule has 1 aliphatic heterocycles. The van der Waals surface area contributed by atoms with Gasteiger partial charge in [0.25, 0.3) is 0 Å². The lowest BCUT2D eigenvalue weighted by Gasteiger charge is -2.52. The van der Waals surface area contributed by atoms with Crippen molar-refractivity contribution < 1.29 is 14.6 Å². The molecule has 2 fully saturated rings. The molecule has 0 spiro atoms. The number of rotatable bonds is 8. The van der Waals surface area contributed by atoms with Gasteiger partial charge in [0.1, 0.15) is 0 Å². The molecule has 1 aliphatic carbocycles. The van der Waals surface area contributed by atoms with Crippen LogP contribution in [0.15, 0.2) is 4.99 Å². The van der Waals surface area contributed by atoms with Crippen molar-refractivity contribution in [2.24, 2.45) is 10.4 Å². The van der Waals surface area contributed by atoms with Gasteiger partial charge in [0.05, 0.1) is 18.2 Å². The molecule has 0 bridgehead atoms. The first-order chi connectivity index (χ1) is 11.9. The highest BCUT2D eigenvalue weighted by molar-refractivity contribution is 5.80.